The van der Waals surface area contributed by atoms with E-state index in [1.165, 1.54) is 35.2 Å². The van der Waals surface area contributed by atoms with E-state index in [-0.39, 0.29) is 23.3 Å². The minimum atomic E-state index is -0.448. The van der Waals surface area contributed by atoms with Gasteiger partial charge >= 0.3 is 0 Å². The molecule has 0 spiro atoms. The average Bonchev–Trinajstić information content (AvgIpc) is 3.20. The molecule has 0 unspecified atom stereocenters. The van der Waals surface area contributed by atoms with E-state index in [4.69, 9.17) is 0 Å². The van der Waals surface area contributed by atoms with Crippen LogP contribution in [0.15, 0.2) is 46.7 Å². The molecule has 3 rings (SSSR count). The normalized spacial score (nSPS) is 14.3. The van der Waals surface area contributed by atoms with E-state index in [1.54, 1.807) is 21.9 Å². The second kappa shape index (κ2) is 8.33. The van der Waals surface area contributed by atoms with Crippen molar-refractivity contribution in [2.45, 2.75) is 4.90 Å². The van der Waals surface area contributed by atoms with E-state index >= 15 is 0 Å². The topological polar surface area (TPSA) is 83.8 Å². The number of thioether (sulfide) groups is 1. The van der Waals surface area contributed by atoms with Crippen LogP contribution in [0, 0.1) is 10.1 Å². The maximum absolute atomic E-state index is 12.3. The van der Waals surface area contributed by atoms with Crippen molar-refractivity contribution in [3.63, 3.8) is 0 Å². The van der Waals surface area contributed by atoms with Crippen LogP contribution in [0.3, 0.4) is 0 Å². The first-order valence-corrected chi connectivity index (χ1v) is 9.89. The Morgan fingerprint density at radius 3 is 2.31 bits per heavy atom. The summed E-state index contributed by atoms with van der Waals surface area (Å²) in [4.78, 5) is 39.9. The summed E-state index contributed by atoms with van der Waals surface area (Å²) >= 11 is 2.78. The van der Waals surface area contributed by atoms with Crippen molar-refractivity contribution in [1.29, 1.82) is 0 Å². The minimum absolute atomic E-state index is 0.0107. The monoisotopic (exact) mass is 391 g/mol. The fraction of sp³-hybridized carbons (Fsp3) is 0.294. The summed E-state index contributed by atoms with van der Waals surface area (Å²) in [5, 5.41) is 12.5. The molecule has 1 aliphatic heterocycles. The molecule has 2 heterocycles. The lowest BCUT2D eigenvalue weighted by Gasteiger charge is -2.34. The molecule has 1 aromatic heterocycles. The SMILES string of the molecule is O=C(CSc1ccc([N+](=O)[O-])cc1)N1CCN(C(=O)c2cccs2)CC1. The van der Waals surface area contributed by atoms with Crippen LogP contribution in [0.2, 0.25) is 0 Å². The van der Waals surface area contributed by atoms with Crippen molar-refractivity contribution in [3.05, 3.63) is 56.8 Å². The van der Waals surface area contributed by atoms with Crippen LogP contribution in [0.25, 0.3) is 0 Å². The van der Waals surface area contributed by atoms with Crippen LogP contribution < -0.4 is 0 Å². The highest BCUT2D eigenvalue weighted by Gasteiger charge is 2.25. The summed E-state index contributed by atoms with van der Waals surface area (Å²) in [6, 6.07) is 9.82. The number of thiophene rings is 1. The van der Waals surface area contributed by atoms with E-state index < -0.39 is 4.92 Å². The van der Waals surface area contributed by atoms with Gasteiger partial charge in [-0.3, -0.25) is 19.7 Å². The first-order chi connectivity index (χ1) is 12.5. The highest BCUT2D eigenvalue weighted by atomic mass is 32.2. The first kappa shape index (κ1) is 18.4. The molecular weight excluding hydrogens is 374 g/mol. The maximum Gasteiger partial charge on any atom is 0.269 e. The Labute approximate surface area is 158 Å². The minimum Gasteiger partial charge on any atom is -0.338 e. The molecule has 1 aliphatic rings. The molecule has 0 bridgehead atoms. The van der Waals surface area contributed by atoms with Crippen molar-refractivity contribution in [3.8, 4) is 0 Å². The zero-order valence-electron chi connectivity index (χ0n) is 13.9. The molecule has 2 aromatic rings. The van der Waals surface area contributed by atoms with Crippen molar-refractivity contribution < 1.29 is 14.5 Å². The third kappa shape index (κ3) is 4.41. The van der Waals surface area contributed by atoms with Crippen LogP contribution in [0.5, 0.6) is 0 Å². The first-order valence-electron chi connectivity index (χ1n) is 8.02. The van der Waals surface area contributed by atoms with Gasteiger partial charge in [0.1, 0.15) is 0 Å². The second-order valence-corrected chi connectivity index (χ2v) is 7.69. The average molecular weight is 391 g/mol. The van der Waals surface area contributed by atoms with Crippen LogP contribution in [-0.2, 0) is 4.79 Å². The summed E-state index contributed by atoms with van der Waals surface area (Å²) in [5.41, 5.74) is 0.0345. The van der Waals surface area contributed by atoms with Crippen LogP contribution in [0.4, 0.5) is 5.69 Å². The number of piperazine rings is 1. The number of rotatable bonds is 5. The lowest BCUT2D eigenvalue weighted by Crippen LogP contribution is -2.50. The van der Waals surface area contributed by atoms with Crippen molar-refractivity contribution in [1.82, 2.24) is 9.80 Å². The molecular formula is C17H17N3O4S2. The van der Waals surface area contributed by atoms with Gasteiger partial charge in [0.25, 0.3) is 11.6 Å². The predicted octanol–water partition coefficient (Wildman–Crippen LogP) is 2.73. The smallest absolute Gasteiger partial charge is 0.269 e. The van der Waals surface area contributed by atoms with Gasteiger partial charge in [-0.05, 0) is 23.6 Å². The van der Waals surface area contributed by atoms with E-state index in [1.807, 2.05) is 17.5 Å². The number of nitro benzene ring substituents is 1. The Morgan fingerprint density at radius 1 is 1.08 bits per heavy atom. The van der Waals surface area contributed by atoms with Gasteiger partial charge < -0.3 is 9.80 Å². The number of carbonyl (C=O) groups excluding carboxylic acids is 2. The van der Waals surface area contributed by atoms with E-state index in [0.29, 0.717) is 26.2 Å². The highest BCUT2D eigenvalue weighted by Crippen LogP contribution is 2.22. The number of nitro groups is 1. The van der Waals surface area contributed by atoms with Gasteiger partial charge in [0.2, 0.25) is 5.91 Å². The van der Waals surface area contributed by atoms with E-state index in [0.717, 1.165) is 9.77 Å². The van der Waals surface area contributed by atoms with Gasteiger partial charge in [-0.25, -0.2) is 0 Å². The molecule has 0 saturated carbocycles. The zero-order valence-corrected chi connectivity index (χ0v) is 15.5. The van der Waals surface area contributed by atoms with Gasteiger partial charge in [0, 0.05) is 43.2 Å². The fourth-order valence-electron chi connectivity index (χ4n) is 2.62. The fourth-order valence-corrected chi connectivity index (χ4v) is 4.11. The standard InChI is InChI=1S/C17H17N3O4S2/c21-16(12-26-14-5-3-13(4-6-14)20(23)24)18-7-9-19(10-8-18)17(22)15-2-1-11-25-15/h1-6,11H,7-10,12H2. The van der Waals surface area contributed by atoms with Gasteiger partial charge in [-0.2, -0.15) is 0 Å². The molecule has 2 amide bonds. The van der Waals surface area contributed by atoms with Crippen molar-refractivity contribution >= 4 is 40.6 Å². The molecule has 0 atom stereocenters. The van der Waals surface area contributed by atoms with Crippen molar-refractivity contribution in [2.24, 2.45) is 0 Å². The lowest BCUT2D eigenvalue weighted by molar-refractivity contribution is -0.384. The van der Waals surface area contributed by atoms with Crippen LogP contribution >= 0.6 is 23.1 Å². The third-order valence-electron chi connectivity index (χ3n) is 4.06. The molecule has 1 saturated heterocycles. The number of hydrogen-bond donors (Lipinski definition) is 0. The summed E-state index contributed by atoms with van der Waals surface area (Å²) in [6.45, 7) is 2.11. The Kier molecular flexibility index (Phi) is 5.89. The van der Waals surface area contributed by atoms with Gasteiger partial charge in [0.05, 0.1) is 15.6 Å². The van der Waals surface area contributed by atoms with Crippen LogP contribution in [0.1, 0.15) is 9.67 Å². The molecule has 0 aliphatic carbocycles. The van der Waals surface area contributed by atoms with Crippen molar-refractivity contribution in [2.75, 3.05) is 31.9 Å². The molecule has 26 heavy (non-hydrogen) atoms. The molecule has 1 aromatic carbocycles. The zero-order chi connectivity index (χ0) is 18.5. The number of hydrogen-bond acceptors (Lipinski definition) is 6. The van der Waals surface area contributed by atoms with E-state index in [2.05, 4.69) is 0 Å². The quantitative estimate of drug-likeness (QED) is 0.445. The summed E-state index contributed by atoms with van der Waals surface area (Å²) in [7, 11) is 0. The predicted molar refractivity (Wildman–Crippen MR) is 101 cm³/mol. The molecule has 0 N–H and O–H groups in total. The van der Waals surface area contributed by atoms with Gasteiger partial charge in [-0.15, -0.1) is 23.1 Å². The highest BCUT2D eigenvalue weighted by molar-refractivity contribution is 8.00. The molecule has 0 radical (unpaired) electrons. The second-order valence-electron chi connectivity index (χ2n) is 5.69. The summed E-state index contributed by atoms with van der Waals surface area (Å²) < 4.78 is 0. The number of carbonyl (C=O) groups is 2. The largest absolute Gasteiger partial charge is 0.338 e. The molecule has 7 nitrogen and oxygen atoms in total. The summed E-state index contributed by atoms with van der Waals surface area (Å²) in [5.74, 6) is 0.306. The van der Waals surface area contributed by atoms with Gasteiger partial charge in [0.15, 0.2) is 0 Å². The molecule has 1 fully saturated rings. The lowest BCUT2D eigenvalue weighted by atomic mass is 10.3. The van der Waals surface area contributed by atoms with Crippen LogP contribution in [-0.4, -0.2) is 58.5 Å². The Morgan fingerprint density at radius 2 is 1.73 bits per heavy atom. The Balaban J connectivity index is 1.46. The number of nitrogens with zero attached hydrogens (tertiary/aromatic N) is 3. The van der Waals surface area contributed by atoms with Gasteiger partial charge in [-0.1, -0.05) is 6.07 Å². The van der Waals surface area contributed by atoms with E-state index in [9.17, 15) is 19.7 Å². The third-order valence-corrected chi connectivity index (χ3v) is 5.92. The summed E-state index contributed by atoms with van der Waals surface area (Å²) in [6.07, 6.45) is 0. The Hall–Kier alpha value is -2.39. The molecule has 9 heteroatoms. The number of benzene rings is 1. The maximum atomic E-state index is 12.3. The molecule has 136 valence electrons. The Bertz CT molecular complexity index is 785. The number of amides is 2. The number of non-ortho nitro benzene ring substituents is 1.